The molecule has 1 unspecified atom stereocenters. The Hall–Kier alpha value is -2.87. The molecule has 34 heavy (non-hydrogen) atoms. The minimum absolute atomic E-state index is 0.211. The molecule has 2 aromatic carbocycles. The summed E-state index contributed by atoms with van der Waals surface area (Å²) in [4.78, 5) is 28.2. The van der Waals surface area contributed by atoms with Gasteiger partial charge in [0.25, 0.3) is 0 Å². The fraction of sp³-hybridized carbons (Fsp3) is 0.462. The van der Waals surface area contributed by atoms with Crippen LogP contribution in [0.3, 0.4) is 0 Å². The van der Waals surface area contributed by atoms with Gasteiger partial charge in [0.15, 0.2) is 0 Å². The first-order valence-electron chi connectivity index (χ1n) is 11.7. The van der Waals surface area contributed by atoms with Crippen LogP contribution in [0.5, 0.6) is 0 Å². The first kappa shape index (κ1) is 27.4. The minimum Gasteiger partial charge on any atom is -0.354 e. The highest BCUT2D eigenvalue weighted by molar-refractivity contribution is 7.92. The van der Waals surface area contributed by atoms with Gasteiger partial charge < -0.3 is 10.2 Å². The average molecular weight is 488 g/mol. The first-order chi connectivity index (χ1) is 16.0. The van der Waals surface area contributed by atoms with Crippen LogP contribution in [0.25, 0.3) is 0 Å². The quantitative estimate of drug-likeness (QED) is 0.523. The lowest BCUT2D eigenvalue weighted by atomic mass is 10.1. The van der Waals surface area contributed by atoms with E-state index < -0.39 is 22.0 Å². The summed E-state index contributed by atoms with van der Waals surface area (Å²) < 4.78 is 26.7. The van der Waals surface area contributed by atoms with E-state index in [2.05, 4.69) is 5.32 Å². The Morgan fingerprint density at radius 1 is 1.00 bits per heavy atom. The Kier molecular flexibility index (Phi) is 9.67. The van der Waals surface area contributed by atoms with Crippen molar-refractivity contribution in [2.24, 2.45) is 0 Å². The molecule has 1 N–H and O–H groups in total. The van der Waals surface area contributed by atoms with Crippen molar-refractivity contribution >= 4 is 27.5 Å². The largest absolute Gasteiger partial charge is 0.354 e. The van der Waals surface area contributed by atoms with Crippen LogP contribution in [-0.4, -0.2) is 50.5 Å². The number of anilines is 1. The molecule has 0 saturated carbocycles. The van der Waals surface area contributed by atoms with Gasteiger partial charge in [-0.3, -0.25) is 13.9 Å². The maximum atomic E-state index is 13.7. The van der Waals surface area contributed by atoms with Gasteiger partial charge in [-0.1, -0.05) is 61.9 Å². The Bertz CT molecular complexity index is 1090. The fourth-order valence-electron chi connectivity index (χ4n) is 4.07. The molecule has 0 spiro atoms. The lowest BCUT2D eigenvalue weighted by molar-refractivity contribution is -0.140. The van der Waals surface area contributed by atoms with Crippen LogP contribution in [0, 0.1) is 20.8 Å². The zero-order valence-electron chi connectivity index (χ0n) is 21.1. The molecule has 0 radical (unpaired) electrons. The number of amides is 2. The predicted octanol–water partition coefficient (Wildman–Crippen LogP) is 3.71. The number of rotatable bonds is 11. The van der Waals surface area contributed by atoms with Crippen LogP contribution in [0.1, 0.15) is 48.9 Å². The van der Waals surface area contributed by atoms with E-state index in [-0.39, 0.29) is 19.0 Å². The Labute approximate surface area is 204 Å². The van der Waals surface area contributed by atoms with Crippen molar-refractivity contribution in [2.45, 2.75) is 60.0 Å². The summed E-state index contributed by atoms with van der Waals surface area (Å²) in [5.74, 6) is -0.656. The van der Waals surface area contributed by atoms with Gasteiger partial charge in [-0.05, 0) is 50.3 Å². The van der Waals surface area contributed by atoms with Gasteiger partial charge in [0.1, 0.15) is 12.6 Å². The molecule has 2 rings (SSSR count). The van der Waals surface area contributed by atoms with Crippen LogP contribution in [-0.2, 0) is 26.2 Å². The van der Waals surface area contributed by atoms with E-state index in [0.717, 1.165) is 39.2 Å². The molecule has 186 valence electrons. The Morgan fingerprint density at radius 2 is 1.62 bits per heavy atom. The second-order valence-electron chi connectivity index (χ2n) is 8.74. The molecule has 0 fully saturated rings. The molecular formula is C26H37N3O4S. The first-order valence-corrected chi connectivity index (χ1v) is 13.5. The number of carbonyl (C=O) groups is 2. The van der Waals surface area contributed by atoms with Crippen LogP contribution in [0.4, 0.5) is 5.69 Å². The van der Waals surface area contributed by atoms with Crippen molar-refractivity contribution in [1.82, 2.24) is 10.2 Å². The topological polar surface area (TPSA) is 86.8 Å². The van der Waals surface area contributed by atoms with Gasteiger partial charge in [0.2, 0.25) is 21.8 Å². The number of sulfonamides is 1. The SMILES string of the molecule is CCCNC(=O)C(CC)N(Cc1cccc(C)c1)C(=O)CN(c1c(C)cccc1C)S(C)(=O)=O. The summed E-state index contributed by atoms with van der Waals surface area (Å²) in [6, 6.07) is 12.5. The van der Waals surface area contributed by atoms with Crippen LogP contribution in [0.2, 0.25) is 0 Å². The number of hydrogen-bond acceptors (Lipinski definition) is 4. The Morgan fingerprint density at radius 3 is 2.15 bits per heavy atom. The summed E-state index contributed by atoms with van der Waals surface area (Å²) in [6.07, 6.45) is 2.29. The number of para-hydroxylation sites is 1. The lowest BCUT2D eigenvalue weighted by Crippen LogP contribution is -2.52. The third-order valence-electron chi connectivity index (χ3n) is 5.74. The maximum Gasteiger partial charge on any atom is 0.244 e. The molecule has 2 aromatic rings. The van der Waals surface area contributed by atoms with Crippen molar-refractivity contribution in [2.75, 3.05) is 23.7 Å². The molecule has 1 atom stereocenters. The van der Waals surface area contributed by atoms with Crippen molar-refractivity contribution in [3.63, 3.8) is 0 Å². The summed E-state index contributed by atoms with van der Waals surface area (Å²) in [7, 11) is -3.75. The number of nitrogens with one attached hydrogen (secondary N) is 1. The number of benzene rings is 2. The number of carbonyl (C=O) groups excluding carboxylic acids is 2. The molecule has 0 aliphatic rings. The molecule has 8 heteroatoms. The second-order valence-corrected chi connectivity index (χ2v) is 10.6. The average Bonchev–Trinajstić information content (AvgIpc) is 2.75. The monoisotopic (exact) mass is 487 g/mol. The number of aryl methyl sites for hydroxylation is 3. The molecule has 0 saturated heterocycles. The van der Waals surface area contributed by atoms with E-state index in [4.69, 9.17) is 0 Å². The zero-order chi connectivity index (χ0) is 25.5. The summed E-state index contributed by atoms with van der Waals surface area (Å²) >= 11 is 0. The van der Waals surface area contributed by atoms with Crippen molar-refractivity contribution in [1.29, 1.82) is 0 Å². The van der Waals surface area contributed by atoms with Gasteiger partial charge in [-0.15, -0.1) is 0 Å². The van der Waals surface area contributed by atoms with E-state index in [1.54, 1.807) is 0 Å². The smallest absolute Gasteiger partial charge is 0.244 e. The highest BCUT2D eigenvalue weighted by Gasteiger charge is 2.32. The highest BCUT2D eigenvalue weighted by atomic mass is 32.2. The minimum atomic E-state index is -3.75. The second kappa shape index (κ2) is 12.0. The van der Waals surface area contributed by atoms with Crippen molar-refractivity contribution in [3.8, 4) is 0 Å². The van der Waals surface area contributed by atoms with E-state index in [0.29, 0.717) is 18.7 Å². The third kappa shape index (κ3) is 7.06. The highest BCUT2D eigenvalue weighted by Crippen LogP contribution is 2.27. The third-order valence-corrected chi connectivity index (χ3v) is 6.85. The van der Waals surface area contributed by atoms with E-state index >= 15 is 0 Å². The standard InChI is InChI=1S/C26H37N3O4S/c1-7-15-27-26(31)23(8-2)28(17-22-14-9-11-19(3)16-22)24(30)18-29(34(6,32)33)25-20(4)12-10-13-21(25)5/h9-14,16,23H,7-8,15,17-18H2,1-6H3,(H,27,31). The summed E-state index contributed by atoms with van der Waals surface area (Å²) in [6.45, 7) is 9.77. The molecule has 0 aliphatic carbocycles. The summed E-state index contributed by atoms with van der Waals surface area (Å²) in [5, 5.41) is 2.88. The maximum absolute atomic E-state index is 13.7. The van der Waals surface area contributed by atoms with Crippen LogP contribution < -0.4 is 9.62 Å². The van der Waals surface area contributed by atoms with E-state index in [9.17, 15) is 18.0 Å². The van der Waals surface area contributed by atoms with Crippen molar-refractivity contribution < 1.29 is 18.0 Å². The van der Waals surface area contributed by atoms with Crippen LogP contribution in [0.15, 0.2) is 42.5 Å². The van der Waals surface area contributed by atoms with E-state index in [1.807, 2.05) is 77.1 Å². The fourth-order valence-corrected chi connectivity index (χ4v) is 5.03. The Balaban J connectivity index is 2.48. The zero-order valence-corrected chi connectivity index (χ0v) is 21.9. The van der Waals surface area contributed by atoms with Gasteiger partial charge in [-0.2, -0.15) is 0 Å². The number of hydrogen-bond donors (Lipinski definition) is 1. The normalized spacial score (nSPS) is 12.2. The van der Waals surface area contributed by atoms with Gasteiger partial charge in [-0.25, -0.2) is 8.42 Å². The molecule has 2 amide bonds. The number of nitrogens with zero attached hydrogens (tertiary/aromatic N) is 2. The van der Waals surface area contributed by atoms with Gasteiger partial charge >= 0.3 is 0 Å². The van der Waals surface area contributed by atoms with Crippen LogP contribution >= 0.6 is 0 Å². The summed E-state index contributed by atoms with van der Waals surface area (Å²) in [5.41, 5.74) is 3.94. The molecular weight excluding hydrogens is 450 g/mol. The van der Waals surface area contributed by atoms with Gasteiger partial charge in [0.05, 0.1) is 11.9 Å². The molecule has 0 aliphatic heterocycles. The molecule has 0 heterocycles. The van der Waals surface area contributed by atoms with E-state index in [1.165, 1.54) is 4.90 Å². The lowest BCUT2D eigenvalue weighted by Gasteiger charge is -2.33. The van der Waals surface area contributed by atoms with Gasteiger partial charge in [0, 0.05) is 13.1 Å². The van der Waals surface area contributed by atoms with Crippen molar-refractivity contribution in [3.05, 3.63) is 64.7 Å². The molecule has 0 bridgehead atoms. The predicted molar refractivity (Wildman–Crippen MR) is 137 cm³/mol. The molecule has 0 aromatic heterocycles. The molecule has 7 nitrogen and oxygen atoms in total.